The first-order chi connectivity index (χ1) is 5.92. The van der Waals surface area contributed by atoms with E-state index in [-0.39, 0.29) is 6.10 Å². The van der Waals surface area contributed by atoms with E-state index in [1.165, 1.54) is 11.1 Å². The van der Waals surface area contributed by atoms with Gasteiger partial charge in [0.2, 0.25) is 0 Å². The molecule has 1 atom stereocenters. The molecule has 0 amide bonds. The molecule has 1 aliphatic carbocycles. The average Bonchev–Trinajstić information content (AvgIpc) is 2.53. The fraction of sp³-hybridized carbons (Fsp3) is 0.400. The molecule has 2 N–H and O–H groups in total. The molecular weight excluding hydrogens is 150 g/mol. The standard InChI is InChI=1S/C10H13NO/c11-6-4-10-9-3-1-2-8(9)5-7-12-10/h1-3,5,10H,4,6-7,11H2. The van der Waals surface area contributed by atoms with Crippen LogP contribution < -0.4 is 5.73 Å². The van der Waals surface area contributed by atoms with E-state index in [1.54, 1.807) is 0 Å². The zero-order valence-electron chi connectivity index (χ0n) is 6.99. The molecule has 0 aromatic rings. The third kappa shape index (κ3) is 1.24. The Bertz CT molecular complexity index is 263. The fourth-order valence-corrected chi connectivity index (χ4v) is 1.66. The first-order valence-electron chi connectivity index (χ1n) is 4.32. The van der Waals surface area contributed by atoms with Gasteiger partial charge in [-0.05, 0) is 24.1 Å². The van der Waals surface area contributed by atoms with Crippen LogP contribution in [0.15, 0.2) is 35.5 Å². The Balaban J connectivity index is 2.16. The van der Waals surface area contributed by atoms with Crippen molar-refractivity contribution in [3.8, 4) is 0 Å². The van der Waals surface area contributed by atoms with Crippen LogP contribution >= 0.6 is 0 Å². The molecule has 12 heavy (non-hydrogen) atoms. The van der Waals surface area contributed by atoms with Crippen molar-refractivity contribution >= 4 is 0 Å². The molecule has 0 aromatic carbocycles. The van der Waals surface area contributed by atoms with Gasteiger partial charge in [0.15, 0.2) is 0 Å². The van der Waals surface area contributed by atoms with Crippen LogP contribution in [-0.2, 0) is 4.74 Å². The lowest BCUT2D eigenvalue weighted by molar-refractivity contribution is 0.0911. The number of hydrogen-bond donors (Lipinski definition) is 1. The maximum Gasteiger partial charge on any atom is 0.0846 e. The average molecular weight is 163 g/mol. The number of rotatable bonds is 2. The van der Waals surface area contributed by atoms with E-state index in [9.17, 15) is 0 Å². The minimum absolute atomic E-state index is 0.227. The molecule has 0 fully saturated rings. The third-order valence-corrected chi connectivity index (χ3v) is 2.26. The maximum atomic E-state index is 5.57. The van der Waals surface area contributed by atoms with E-state index >= 15 is 0 Å². The molecule has 0 aromatic heterocycles. The van der Waals surface area contributed by atoms with Crippen molar-refractivity contribution in [2.75, 3.05) is 13.2 Å². The first-order valence-corrected chi connectivity index (χ1v) is 4.32. The molecule has 2 heteroatoms. The molecule has 0 saturated carbocycles. The van der Waals surface area contributed by atoms with Crippen molar-refractivity contribution in [1.82, 2.24) is 0 Å². The second-order valence-corrected chi connectivity index (χ2v) is 3.04. The van der Waals surface area contributed by atoms with Crippen LogP contribution in [0.25, 0.3) is 0 Å². The van der Waals surface area contributed by atoms with Gasteiger partial charge in [0.1, 0.15) is 0 Å². The summed E-state index contributed by atoms with van der Waals surface area (Å²) in [5, 5.41) is 0. The molecule has 0 spiro atoms. The Labute approximate surface area is 72.4 Å². The maximum absolute atomic E-state index is 5.57. The Morgan fingerprint density at radius 1 is 1.58 bits per heavy atom. The predicted octanol–water partition coefficient (Wildman–Crippen LogP) is 1.16. The Hall–Kier alpha value is -0.860. The van der Waals surface area contributed by atoms with Gasteiger partial charge in [-0.25, -0.2) is 0 Å². The number of hydrogen-bond acceptors (Lipinski definition) is 2. The Kier molecular flexibility index (Phi) is 2.11. The van der Waals surface area contributed by atoms with Gasteiger partial charge in [0, 0.05) is 0 Å². The quantitative estimate of drug-likeness (QED) is 0.663. The van der Waals surface area contributed by atoms with Crippen molar-refractivity contribution in [1.29, 1.82) is 0 Å². The van der Waals surface area contributed by atoms with Gasteiger partial charge in [-0.15, -0.1) is 0 Å². The van der Waals surface area contributed by atoms with Gasteiger partial charge in [-0.3, -0.25) is 0 Å². The normalized spacial score (nSPS) is 26.6. The smallest absolute Gasteiger partial charge is 0.0846 e. The van der Waals surface area contributed by atoms with Gasteiger partial charge in [-0.1, -0.05) is 24.3 Å². The molecule has 0 saturated heterocycles. The number of ether oxygens (including phenoxy) is 1. The zero-order valence-corrected chi connectivity index (χ0v) is 6.99. The summed E-state index contributed by atoms with van der Waals surface area (Å²) in [5.74, 6) is 0. The van der Waals surface area contributed by atoms with Crippen LogP contribution in [0.5, 0.6) is 0 Å². The fourth-order valence-electron chi connectivity index (χ4n) is 1.66. The Morgan fingerprint density at radius 3 is 3.33 bits per heavy atom. The molecule has 1 aliphatic heterocycles. The van der Waals surface area contributed by atoms with Crippen molar-refractivity contribution in [3.05, 3.63) is 35.5 Å². The summed E-state index contributed by atoms with van der Waals surface area (Å²) >= 11 is 0. The van der Waals surface area contributed by atoms with Gasteiger partial charge in [-0.2, -0.15) is 0 Å². The highest BCUT2D eigenvalue weighted by Crippen LogP contribution is 2.28. The highest BCUT2D eigenvalue weighted by molar-refractivity contribution is 5.51. The molecular formula is C10H13NO. The molecule has 2 nitrogen and oxygen atoms in total. The molecule has 1 heterocycles. The summed E-state index contributed by atoms with van der Waals surface area (Å²) in [4.78, 5) is 0. The van der Waals surface area contributed by atoms with E-state index in [1.807, 2.05) is 0 Å². The summed E-state index contributed by atoms with van der Waals surface area (Å²) in [6, 6.07) is 0. The summed E-state index contributed by atoms with van der Waals surface area (Å²) in [7, 11) is 0. The SMILES string of the molecule is NCCC1OCC=C2C=CC=C21. The van der Waals surface area contributed by atoms with E-state index in [0.717, 1.165) is 13.0 Å². The minimum atomic E-state index is 0.227. The van der Waals surface area contributed by atoms with Crippen molar-refractivity contribution in [2.45, 2.75) is 12.5 Å². The highest BCUT2D eigenvalue weighted by Gasteiger charge is 2.21. The van der Waals surface area contributed by atoms with E-state index in [2.05, 4.69) is 24.3 Å². The number of allylic oxidation sites excluding steroid dienone is 3. The molecule has 2 rings (SSSR count). The van der Waals surface area contributed by atoms with Crippen molar-refractivity contribution in [2.24, 2.45) is 5.73 Å². The number of nitrogens with two attached hydrogens (primary N) is 1. The molecule has 1 unspecified atom stereocenters. The molecule has 0 radical (unpaired) electrons. The van der Waals surface area contributed by atoms with E-state index in [4.69, 9.17) is 10.5 Å². The lowest BCUT2D eigenvalue weighted by atomic mass is 9.99. The topological polar surface area (TPSA) is 35.2 Å². The highest BCUT2D eigenvalue weighted by atomic mass is 16.5. The summed E-state index contributed by atoms with van der Waals surface area (Å²) in [6.45, 7) is 1.41. The van der Waals surface area contributed by atoms with Crippen LogP contribution in [-0.4, -0.2) is 19.3 Å². The molecule has 0 bridgehead atoms. The van der Waals surface area contributed by atoms with E-state index < -0.39 is 0 Å². The van der Waals surface area contributed by atoms with Crippen LogP contribution in [0.3, 0.4) is 0 Å². The van der Waals surface area contributed by atoms with Gasteiger partial charge in [0.25, 0.3) is 0 Å². The lowest BCUT2D eigenvalue weighted by Gasteiger charge is -2.23. The van der Waals surface area contributed by atoms with Crippen LogP contribution in [0.2, 0.25) is 0 Å². The van der Waals surface area contributed by atoms with Crippen molar-refractivity contribution < 1.29 is 4.74 Å². The lowest BCUT2D eigenvalue weighted by Crippen LogP contribution is -2.23. The van der Waals surface area contributed by atoms with Crippen LogP contribution in [0, 0.1) is 0 Å². The predicted molar refractivity (Wildman–Crippen MR) is 48.7 cm³/mol. The summed E-state index contributed by atoms with van der Waals surface area (Å²) < 4.78 is 5.57. The second kappa shape index (κ2) is 3.25. The third-order valence-electron chi connectivity index (χ3n) is 2.26. The van der Waals surface area contributed by atoms with Crippen LogP contribution in [0.1, 0.15) is 6.42 Å². The summed E-state index contributed by atoms with van der Waals surface area (Å²) in [5.41, 5.74) is 8.11. The monoisotopic (exact) mass is 163 g/mol. The first kappa shape index (κ1) is 7.77. The molecule has 64 valence electrons. The van der Waals surface area contributed by atoms with Gasteiger partial charge >= 0.3 is 0 Å². The van der Waals surface area contributed by atoms with Gasteiger partial charge in [0.05, 0.1) is 12.7 Å². The second-order valence-electron chi connectivity index (χ2n) is 3.04. The van der Waals surface area contributed by atoms with E-state index in [0.29, 0.717) is 6.54 Å². The molecule has 2 aliphatic rings. The van der Waals surface area contributed by atoms with Crippen LogP contribution in [0.4, 0.5) is 0 Å². The Morgan fingerprint density at radius 2 is 2.50 bits per heavy atom. The largest absolute Gasteiger partial charge is 0.369 e. The van der Waals surface area contributed by atoms with Gasteiger partial charge < -0.3 is 10.5 Å². The number of fused-ring (bicyclic) bond motifs is 1. The zero-order chi connectivity index (χ0) is 8.39. The minimum Gasteiger partial charge on any atom is -0.369 e. The summed E-state index contributed by atoms with van der Waals surface area (Å²) in [6.07, 6.45) is 9.57. The van der Waals surface area contributed by atoms with Crippen molar-refractivity contribution in [3.63, 3.8) is 0 Å².